The van der Waals surface area contributed by atoms with Gasteiger partial charge in [0.05, 0.1) is 17.0 Å². The van der Waals surface area contributed by atoms with Crippen molar-refractivity contribution in [2.75, 3.05) is 6.54 Å². The van der Waals surface area contributed by atoms with Crippen LogP contribution in [0.25, 0.3) is 10.4 Å². The van der Waals surface area contributed by atoms with Crippen molar-refractivity contribution in [2.24, 2.45) is 5.73 Å². The van der Waals surface area contributed by atoms with Crippen LogP contribution >= 0.6 is 11.3 Å². The second kappa shape index (κ2) is 6.71. The fourth-order valence-electron chi connectivity index (χ4n) is 3.57. The van der Waals surface area contributed by atoms with Crippen molar-refractivity contribution in [3.63, 3.8) is 0 Å². The molecule has 2 amide bonds. The normalized spacial score (nSPS) is 22.8. The number of rotatable bonds is 5. The average molecular weight is 388 g/mol. The highest BCUT2D eigenvalue weighted by atomic mass is 32.1. The van der Waals surface area contributed by atoms with Crippen molar-refractivity contribution in [1.29, 1.82) is 0 Å². The minimum Gasteiger partial charge on any atom is -0.368 e. The van der Waals surface area contributed by atoms with Gasteiger partial charge in [0.25, 0.3) is 0 Å². The molecule has 27 heavy (non-hydrogen) atoms. The number of thiazole rings is 1. The van der Waals surface area contributed by atoms with E-state index in [1.807, 2.05) is 6.07 Å². The van der Waals surface area contributed by atoms with Gasteiger partial charge in [-0.3, -0.25) is 14.6 Å². The number of aromatic nitrogens is 2. The van der Waals surface area contributed by atoms with E-state index < -0.39 is 18.8 Å². The van der Waals surface area contributed by atoms with Crippen molar-refractivity contribution in [3.05, 3.63) is 34.7 Å². The number of nitrogens with zero attached hydrogens (tertiary/aromatic N) is 3. The number of nitrogens with two attached hydrogens (primary N) is 1. The number of hydrogen-bond acceptors (Lipinski definition) is 5. The molecular formula is C20H24N4O2S. The second-order valence-corrected chi connectivity index (χ2v) is 8.68. The Bertz CT molecular complexity index is 1000. The number of likely N-dealkylation sites (tertiary alicyclic amines) is 1. The Labute approximate surface area is 167 Å². The molecule has 1 saturated carbocycles. The number of primary amides is 1. The standard InChI is InChI=1S/C20H24N4O2S/c1-12-18(13-5-8-22-15(10-13)20(2)6-7-20)27-16(23-12)11-17(25)24-9-3-4-14(24)19(21)26/h5,8,10,14H,3-4,6-7,9,11H2,1-2H3,(H2,21,26)/t14-/m0/s1/i1D3. The van der Waals surface area contributed by atoms with Gasteiger partial charge in [0.2, 0.25) is 11.8 Å². The Balaban J connectivity index is 1.64. The lowest BCUT2D eigenvalue weighted by molar-refractivity contribution is -0.136. The minimum atomic E-state index is -2.40. The molecule has 1 aliphatic carbocycles. The van der Waals surface area contributed by atoms with Crippen LogP contribution in [-0.4, -0.2) is 39.3 Å². The second-order valence-electron chi connectivity index (χ2n) is 7.60. The lowest BCUT2D eigenvalue weighted by atomic mass is 10.0. The summed E-state index contributed by atoms with van der Waals surface area (Å²) in [5.74, 6) is -0.767. The van der Waals surface area contributed by atoms with E-state index in [1.165, 1.54) is 16.2 Å². The third-order valence-corrected chi connectivity index (χ3v) is 6.62. The monoisotopic (exact) mass is 387 g/mol. The minimum absolute atomic E-state index is 0.00118. The molecule has 7 heteroatoms. The number of carbonyl (C=O) groups excluding carboxylic acids is 2. The topological polar surface area (TPSA) is 89.2 Å². The SMILES string of the molecule is [2H]C([2H])([2H])c1nc(CC(=O)N2CCC[C@H]2C(N)=O)sc1-c1ccnc(C2(C)CC2)c1. The van der Waals surface area contributed by atoms with Crippen LogP contribution in [-0.2, 0) is 21.4 Å². The molecule has 3 heterocycles. The molecule has 2 N–H and O–H groups in total. The lowest BCUT2D eigenvalue weighted by Crippen LogP contribution is -2.44. The summed E-state index contributed by atoms with van der Waals surface area (Å²) in [6.45, 7) is 0.221. The Morgan fingerprint density at radius 2 is 2.30 bits per heavy atom. The van der Waals surface area contributed by atoms with E-state index in [4.69, 9.17) is 9.85 Å². The quantitative estimate of drug-likeness (QED) is 0.854. The first-order valence-corrected chi connectivity index (χ1v) is 9.96. The van der Waals surface area contributed by atoms with Gasteiger partial charge in [0.1, 0.15) is 11.0 Å². The van der Waals surface area contributed by atoms with Gasteiger partial charge in [-0.1, -0.05) is 6.92 Å². The van der Waals surface area contributed by atoms with Crippen LogP contribution in [0.3, 0.4) is 0 Å². The zero-order chi connectivity index (χ0) is 21.7. The fourth-order valence-corrected chi connectivity index (χ4v) is 4.53. The van der Waals surface area contributed by atoms with Crippen LogP contribution in [0.1, 0.15) is 53.1 Å². The molecule has 2 aliphatic rings. The molecule has 2 aromatic heterocycles. The van der Waals surface area contributed by atoms with E-state index in [2.05, 4.69) is 16.9 Å². The molecule has 1 saturated heterocycles. The number of pyridine rings is 1. The Morgan fingerprint density at radius 1 is 1.48 bits per heavy atom. The van der Waals surface area contributed by atoms with E-state index in [0.717, 1.165) is 30.5 Å². The van der Waals surface area contributed by atoms with Crippen molar-refractivity contribution in [2.45, 2.75) is 57.3 Å². The van der Waals surface area contributed by atoms with Gasteiger partial charge < -0.3 is 10.6 Å². The molecule has 1 aliphatic heterocycles. The van der Waals surface area contributed by atoms with Gasteiger partial charge in [0, 0.05) is 28.0 Å². The molecule has 0 bridgehead atoms. The Morgan fingerprint density at radius 3 is 3.00 bits per heavy atom. The summed E-state index contributed by atoms with van der Waals surface area (Å²) >= 11 is 1.21. The Hall–Kier alpha value is -2.28. The van der Waals surface area contributed by atoms with E-state index in [9.17, 15) is 9.59 Å². The molecule has 0 radical (unpaired) electrons. The Kier molecular flexibility index (Phi) is 3.66. The van der Waals surface area contributed by atoms with E-state index in [0.29, 0.717) is 22.9 Å². The maximum absolute atomic E-state index is 12.8. The first-order valence-electron chi connectivity index (χ1n) is 10.6. The van der Waals surface area contributed by atoms with Gasteiger partial charge in [-0.25, -0.2) is 4.98 Å². The van der Waals surface area contributed by atoms with Gasteiger partial charge in [0.15, 0.2) is 0 Å². The smallest absolute Gasteiger partial charge is 0.240 e. The maximum Gasteiger partial charge on any atom is 0.240 e. The van der Waals surface area contributed by atoms with Crippen LogP contribution in [0.2, 0.25) is 0 Å². The van der Waals surface area contributed by atoms with Crippen molar-refractivity contribution in [1.82, 2.24) is 14.9 Å². The number of carbonyl (C=O) groups is 2. The van der Waals surface area contributed by atoms with Crippen LogP contribution < -0.4 is 5.73 Å². The molecule has 0 unspecified atom stereocenters. The van der Waals surface area contributed by atoms with Crippen molar-refractivity contribution in [3.8, 4) is 10.4 Å². The zero-order valence-electron chi connectivity index (χ0n) is 18.2. The van der Waals surface area contributed by atoms with Crippen molar-refractivity contribution < 1.29 is 13.7 Å². The number of amides is 2. The third kappa shape index (κ3) is 3.48. The molecule has 0 spiro atoms. The first kappa shape index (κ1) is 14.7. The maximum atomic E-state index is 12.8. The number of hydrogen-bond donors (Lipinski definition) is 1. The summed E-state index contributed by atoms with van der Waals surface area (Å²) in [5.41, 5.74) is 7.17. The molecule has 142 valence electrons. The molecule has 2 fully saturated rings. The molecular weight excluding hydrogens is 360 g/mol. The molecule has 0 aromatic carbocycles. The summed E-state index contributed by atoms with van der Waals surface area (Å²) in [5, 5.41) is 0.423. The molecule has 6 nitrogen and oxygen atoms in total. The highest BCUT2D eigenvalue weighted by Gasteiger charge is 2.40. The van der Waals surface area contributed by atoms with Crippen LogP contribution in [0.5, 0.6) is 0 Å². The third-order valence-electron chi connectivity index (χ3n) is 5.52. The van der Waals surface area contributed by atoms with E-state index >= 15 is 0 Å². The summed E-state index contributed by atoms with van der Waals surface area (Å²) in [6.07, 6.45) is 5.06. The van der Waals surface area contributed by atoms with Crippen LogP contribution in [0, 0.1) is 6.85 Å². The molecule has 4 rings (SSSR count). The first-order chi connectivity index (χ1) is 14.1. The van der Waals surface area contributed by atoms with Gasteiger partial charge in [-0.05, 0) is 50.2 Å². The number of aryl methyl sites for hydroxylation is 1. The summed E-state index contributed by atoms with van der Waals surface area (Å²) in [7, 11) is 0. The summed E-state index contributed by atoms with van der Waals surface area (Å²) in [6, 6.07) is 3.12. The lowest BCUT2D eigenvalue weighted by Gasteiger charge is -2.21. The predicted octanol–water partition coefficient (Wildman–Crippen LogP) is 2.58. The van der Waals surface area contributed by atoms with Gasteiger partial charge in [-0.15, -0.1) is 11.3 Å². The van der Waals surface area contributed by atoms with E-state index in [-0.39, 0.29) is 23.4 Å². The molecule has 2 aromatic rings. The van der Waals surface area contributed by atoms with Gasteiger partial charge in [-0.2, -0.15) is 0 Å². The average Bonchev–Trinajstić information content (AvgIpc) is 3.11. The highest BCUT2D eigenvalue weighted by molar-refractivity contribution is 7.15. The summed E-state index contributed by atoms with van der Waals surface area (Å²) in [4.78, 5) is 35.2. The summed E-state index contributed by atoms with van der Waals surface area (Å²) < 4.78 is 23.7. The van der Waals surface area contributed by atoms with Crippen molar-refractivity contribution >= 4 is 23.2 Å². The fraction of sp³-hybridized carbons (Fsp3) is 0.500. The largest absolute Gasteiger partial charge is 0.368 e. The van der Waals surface area contributed by atoms with Crippen LogP contribution in [0.4, 0.5) is 0 Å². The molecule has 1 atom stereocenters. The highest BCUT2D eigenvalue weighted by Crippen LogP contribution is 2.47. The van der Waals surface area contributed by atoms with Crippen LogP contribution in [0.15, 0.2) is 18.3 Å². The van der Waals surface area contributed by atoms with E-state index in [1.54, 1.807) is 12.3 Å². The van der Waals surface area contributed by atoms with Gasteiger partial charge >= 0.3 is 0 Å². The zero-order valence-corrected chi connectivity index (χ0v) is 16.0. The predicted molar refractivity (Wildman–Crippen MR) is 104 cm³/mol.